The van der Waals surface area contributed by atoms with Gasteiger partial charge in [-0.1, -0.05) is 18.5 Å². The summed E-state index contributed by atoms with van der Waals surface area (Å²) in [6.45, 7) is 4.13. The standard InChI is InChI=1S/C13H20N2O4/c1-4-9(17-3)10-14-11(19-15-10)13(7-6-8-13)12(16)18-5-2/h9H,4-8H2,1-3H3. The second-order valence-corrected chi connectivity index (χ2v) is 4.75. The van der Waals surface area contributed by atoms with E-state index in [4.69, 9.17) is 14.0 Å². The number of carbonyl (C=O) groups is 1. The largest absolute Gasteiger partial charge is 0.465 e. The van der Waals surface area contributed by atoms with Gasteiger partial charge in [-0.05, 0) is 26.2 Å². The van der Waals surface area contributed by atoms with Crippen molar-refractivity contribution in [1.82, 2.24) is 10.1 Å². The molecule has 106 valence electrons. The maximum Gasteiger partial charge on any atom is 0.321 e. The Balaban J connectivity index is 2.22. The summed E-state index contributed by atoms with van der Waals surface area (Å²) in [6, 6.07) is 0. The molecule has 0 N–H and O–H groups in total. The molecule has 1 heterocycles. The van der Waals surface area contributed by atoms with Gasteiger partial charge in [0, 0.05) is 7.11 Å². The zero-order valence-corrected chi connectivity index (χ0v) is 11.6. The van der Waals surface area contributed by atoms with Crippen molar-refractivity contribution in [2.24, 2.45) is 0 Å². The first-order valence-corrected chi connectivity index (χ1v) is 6.72. The first-order chi connectivity index (χ1) is 9.17. The lowest BCUT2D eigenvalue weighted by Crippen LogP contribution is -2.44. The van der Waals surface area contributed by atoms with Crippen LogP contribution in [0, 0.1) is 0 Å². The molecule has 1 atom stereocenters. The van der Waals surface area contributed by atoms with Crippen LogP contribution in [0.1, 0.15) is 57.3 Å². The van der Waals surface area contributed by atoms with Gasteiger partial charge in [0.15, 0.2) is 0 Å². The van der Waals surface area contributed by atoms with Crippen LogP contribution in [0.2, 0.25) is 0 Å². The van der Waals surface area contributed by atoms with Gasteiger partial charge >= 0.3 is 5.97 Å². The fourth-order valence-corrected chi connectivity index (χ4v) is 2.32. The average Bonchev–Trinajstić information content (AvgIpc) is 2.79. The van der Waals surface area contributed by atoms with Gasteiger partial charge in [0.05, 0.1) is 6.61 Å². The van der Waals surface area contributed by atoms with E-state index in [1.807, 2.05) is 6.92 Å². The molecule has 0 bridgehead atoms. The van der Waals surface area contributed by atoms with Crippen LogP contribution in [0.25, 0.3) is 0 Å². The normalized spacial score (nSPS) is 18.7. The predicted molar refractivity (Wildman–Crippen MR) is 66.5 cm³/mol. The molecule has 1 aliphatic rings. The van der Waals surface area contributed by atoms with Crippen molar-refractivity contribution in [2.75, 3.05) is 13.7 Å². The molecule has 6 nitrogen and oxygen atoms in total. The Morgan fingerprint density at radius 1 is 1.47 bits per heavy atom. The molecule has 1 fully saturated rings. The summed E-state index contributed by atoms with van der Waals surface area (Å²) in [7, 11) is 1.61. The summed E-state index contributed by atoms with van der Waals surface area (Å²) in [5, 5.41) is 3.93. The topological polar surface area (TPSA) is 74.5 Å². The molecule has 2 rings (SSSR count). The Kier molecular flexibility index (Phi) is 4.19. The van der Waals surface area contributed by atoms with Crippen molar-refractivity contribution < 1.29 is 18.8 Å². The van der Waals surface area contributed by atoms with E-state index < -0.39 is 5.41 Å². The third-order valence-electron chi connectivity index (χ3n) is 3.67. The van der Waals surface area contributed by atoms with Gasteiger partial charge in [-0.2, -0.15) is 4.98 Å². The number of hydrogen-bond acceptors (Lipinski definition) is 6. The molecule has 0 aliphatic heterocycles. The highest BCUT2D eigenvalue weighted by atomic mass is 16.5. The molecular weight excluding hydrogens is 248 g/mol. The average molecular weight is 268 g/mol. The highest BCUT2D eigenvalue weighted by Crippen LogP contribution is 2.44. The zero-order valence-electron chi connectivity index (χ0n) is 11.6. The van der Waals surface area contributed by atoms with E-state index in [1.165, 1.54) is 0 Å². The van der Waals surface area contributed by atoms with Crippen molar-refractivity contribution in [2.45, 2.75) is 51.0 Å². The Morgan fingerprint density at radius 3 is 2.68 bits per heavy atom. The molecule has 1 aromatic rings. The smallest absolute Gasteiger partial charge is 0.321 e. The maximum atomic E-state index is 12.1. The molecule has 0 spiro atoms. The minimum Gasteiger partial charge on any atom is -0.465 e. The second-order valence-electron chi connectivity index (χ2n) is 4.75. The van der Waals surface area contributed by atoms with Gasteiger partial charge in [-0.15, -0.1) is 0 Å². The Hall–Kier alpha value is -1.43. The van der Waals surface area contributed by atoms with Crippen LogP contribution in [0.5, 0.6) is 0 Å². The van der Waals surface area contributed by atoms with E-state index in [1.54, 1.807) is 14.0 Å². The first-order valence-electron chi connectivity index (χ1n) is 6.72. The number of aromatic nitrogens is 2. The van der Waals surface area contributed by atoms with Crippen molar-refractivity contribution in [3.63, 3.8) is 0 Å². The quantitative estimate of drug-likeness (QED) is 0.736. The lowest BCUT2D eigenvalue weighted by atomic mass is 9.68. The molecular formula is C13H20N2O4. The van der Waals surface area contributed by atoms with Gasteiger partial charge in [-0.3, -0.25) is 4.79 Å². The second kappa shape index (κ2) is 5.69. The fourth-order valence-electron chi connectivity index (χ4n) is 2.32. The monoisotopic (exact) mass is 268 g/mol. The van der Waals surface area contributed by atoms with E-state index >= 15 is 0 Å². The van der Waals surface area contributed by atoms with Crippen LogP contribution in [0.15, 0.2) is 4.52 Å². The molecule has 1 aromatic heterocycles. The van der Waals surface area contributed by atoms with E-state index in [2.05, 4.69) is 10.1 Å². The molecule has 19 heavy (non-hydrogen) atoms. The highest BCUT2D eigenvalue weighted by molar-refractivity contribution is 5.82. The lowest BCUT2D eigenvalue weighted by Gasteiger charge is -2.35. The number of carbonyl (C=O) groups excluding carboxylic acids is 1. The molecule has 1 aliphatic carbocycles. The van der Waals surface area contributed by atoms with Crippen LogP contribution in [-0.2, 0) is 19.7 Å². The number of rotatable bonds is 6. The number of esters is 1. The number of ether oxygens (including phenoxy) is 2. The zero-order chi connectivity index (χ0) is 13.9. The van der Waals surface area contributed by atoms with Crippen LogP contribution in [0.4, 0.5) is 0 Å². The van der Waals surface area contributed by atoms with Crippen molar-refractivity contribution >= 4 is 5.97 Å². The third-order valence-corrected chi connectivity index (χ3v) is 3.67. The fraction of sp³-hybridized carbons (Fsp3) is 0.769. The highest BCUT2D eigenvalue weighted by Gasteiger charge is 2.52. The van der Waals surface area contributed by atoms with Gasteiger partial charge in [0.1, 0.15) is 11.5 Å². The van der Waals surface area contributed by atoms with Crippen LogP contribution < -0.4 is 0 Å². The SMILES string of the molecule is CCOC(=O)C1(c2nc(C(CC)OC)no2)CCC1. The number of nitrogens with zero attached hydrogens (tertiary/aromatic N) is 2. The van der Waals surface area contributed by atoms with Gasteiger partial charge < -0.3 is 14.0 Å². The molecule has 1 unspecified atom stereocenters. The molecule has 0 saturated heterocycles. The van der Waals surface area contributed by atoms with Gasteiger partial charge in [0.2, 0.25) is 11.7 Å². The Labute approximate surface area is 112 Å². The van der Waals surface area contributed by atoms with Crippen molar-refractivity contribution in [3.05, 3.63) is 11.7 Å². The number of methoxy groups -OCH3 is 1. The lowest BCUT2D eigenvalue weighted by molar-refractivity contribution is -0.155. The van der Waals surface area contributed by atoms with Gasteiger partial charge in [0.25, 0.3) is 0 Å². The van der Waals surface area contributed by atoms with Crippen LogP contribution in [-0.4, -0.2) is 29.8 Å². The van der Waals surface area contributed by atoms with Crippen molar-refractivity contribution in [1.29, 1.82) is 0 Å². The summed E-state index contributed by atoms with van der Waals surface area (Å²) in [6.07, 6.45) is 2.94. The summed E-state index contributed by atoms with van der Waals surface area (Å²) in [5.41, 5.74) is -0.729. The van der Waals surface area contributed by atoms with Crippen LogP contribution in [0.3, 0.4) is 0 Å². The number of hydrogen-bond donors (Lipinski definition) is 0. The summed E-state index contributed by atoms with van der Waals surface area (Å²) in [4.78, 5) is 16.4. The van der Waals surface area contributed by atoms with E-state index in [9.17, 15) is 4.79 Å². The summed E-state index contributed by atoms with van der Waals surface area (Å²) in [5.74, 6) is 0.597. The molecule has 0 aromatic carbocycles. The maximum absolute atomic E-state index is 12.1. The molecule has 0 amide bonds. The Bertz CT molecular complexity index is 436. The Morgan fingerprint density at radius 2 is 2.21 bits per heavy atom. The van der Waals surface area contributed by atoms with Crippen LogP contribution >= 0.6 is 0 Å². The van der Waals surface area contributed by atoms with E-state index in [-0.39, 0.29) is 12.1 Å². The molecule has 0 radical (unpaired) electrons. The summed E-state index contributed by atoms with van der Waals surface area (Å²) < 4.78 is 15.7. The van der Waals surface area contributed by atoms with Crippen molar-refractivity contribution in [3.8, 4) is 0 Å². The third kappa shape index (κ3) is 2.36. The van der Waals surface area contributed by atoms with E-state index in [0.717, 1.165) is 12.8 Å². The first kappa shape index (κ1) is 14.0. The van der Waals surface area contributed by atoms with E-state index in [0.29, 0.717) is 31.2 Å². The minimum atomic E-state index is -0.729. The molecule has 1 saturated carbocycles. The minimum absolute atomic E-state index is 0.197. The predicted octanol–water partition coefficient (Wildman–Crippen LogP) is 2.15. The summed E-state index contributed by atoms with van der Waals surface area (Å²) >= 11 is 0. The van der Waals surface area contributed by atoms with Gasteiger partial charge in [-0.25, -0.2) is 0 Å². The molecule has 6 heteroatoms.